The van der Waals surface area contributed by atoms with Crippen molar-refractivity contribution >= 4 is 28.3 Å². The Labute approximate surface area is 274 Å². The third kappa shape index (κ3) is 5.78. The molecule has 1 aromatic carbocycles. The van der Waals surface area contributed by atoms with Crippen molar-refractivity contribution in [3.05, 3.63) is 34.7 Å². The maximum Gasteiger partial charge on any atom is 0.319 e. The van der Waals surface area contributed by atoms with Crippen molar-refractivity contribution in [2.75, 3.05) is 64.1 Å². The molecule has 3 saturated heterocycles. The highest BCUT2D eigenvalue weighted by molar-refractivity contribution is 6.32. The predicted molar refractivity (Wildman–Crippen MR) is 176 cm³/mol. The van der Waals surface area contributed by atoms with Gasteiger partial charge in [0.05, 0.1) is 29.2 Å². The van der Waals surface area contributed by atoms with Crippen LogP contribution in [0.25, 0.3) is 22.2 Å². The van der Waals surface area contributed by atoms with Gasteiger partial charge in [-0.15, -0.1) is 0 Å². The first-order valence-electron chi connectivity index (χ1n) is 16.7. The number of benzene rings is 1. The topological polar surface area (TPSA) is 105 Å². The number of nitrogens with zero attached hydrogens (tertiary/aromatic N) is 5. The smallest absolute Gasteiger partial charge is 0.319 e. The fraction of sp³-hybridized carbons (Fsp3) is 0.618. The molecule has 10 nitrogen and oxygen atoms in total. The Morgan fingerprint density at radius 1 is 1.17 bits per heavy atom. The third-order valence-electron chi connectivity index (χ3n) is 10.3. The van der Waals surface area contributed by atoms with Crippen molar-refractivity contribution in [2.45, 2.75) is 76.0 Å². The molecule has 3 atom stereocenters. The minimum absolute atomic E-state index is 0.0334. The SMILES string of the molecule is CC[C@@]12COCCCO[C@H]3CN4CCC[C@]4(COc4nc(c5cnc(-c6cc(O)cc(Cl)c6C(C)C)c(F)c5n4)N(CCN1)C2)C3. The van der Waals surface area contributed by atoms with Gasteiger partial charge < -0.3 is 29.5 Å². The summed E-state index contributed by atoms with van der Waals surface area (Å²) in [5.41, 5.74) is 0.894. The molecule has 1 spiro atoms. The lowest BCUT2D eigenvalue weighted by atomic mass is 9.93. The number of hydrogen-bond donors (Lipinski definition) is 2. The number of pyridine rings is 1. The van der Waals surface area contributed by atoms with Gasteiger partial charge in [-0.05, 0) is 62.3 Å². The quantitative estimate of drug-likeness (QED) is 0.387. The summed E-state index contributed by atoms with van der Waals surface area (Å²) >= 11 is 6.56. The van der Waals surface area contributed by atoms with E-state index in [-0.39, 0.29) is 46.1 Å². The van der Waals surface area contributed by atoms with E-state index in [9.17, 15) is 5.11 Å². The summed E-state index contributed by atoms with van der Waals surface area (Å²) in [4.78, 5) is 18.9. The molecule has 7 rings (SSSR count). The molecule has 2 aromatic heterocycles. The van der Waals surface area contributed by atoms with Crippen molar-refractivity contribution in [3.8, 4) is 23.0 Å². The monoisotopic (exact) mass is 654 g/mol. The number of aromatic nitrogens is 3. The highest BCUT2D eigenvalue weighted by Crippen LogP contribution is 2.42. The normalized spacial score (nSPS) is 27.5. The lowest BCUT2D eigenvalue weighted by Gasteiger charge is -2.44. The Morgan fingerprint density at radius 3 is 2.87 bits per heavy atom. The molecule has 3 aromatic rings. The second kappa shape index (κ2) is 12.6. The molecular formula is C34H44ClFN6O4. The molecule has 4 aliphatic rings. The largest absolute Gasteiger partial charge is 0.508 e. The molecule has 46 heavy (non-hydrogen) atoms. The number of fused-ring (bicyclic) bond motifs is 8. The van der Waals surface area contributed by atoms with Gasteiger partial charge in [-0.2, -0.15) is 9.97 Å². The van der Waals surface area contributed by atoms with Crippen LogP contribution in [-0.4, -0.2) is 101 Å². The fourth-order valence-corrected chi connectivity index (χ4v) is 8.36. The summed E-state index contributed by atoms with van der Waals surface area (Å²) < 4.78 is 35.8. The van der Waals surface area contributed by atoms with Crippen molar-refractivity contribution in [2.24, 2.45) is 0 Å². The summed E-state index contributed by atoms with van der Waals surface area (Å²) in [5.74, 6) is -0.0992. The van der Waals surface area contributed by atoms with E-state index in [0.29, 0.717) is 66.9 Å². The number of nitrogens with one attached hydrogen (secondary N) is 1. The summed E-state index contributed by atoms with van der Waals surface area (Å²) in [6, 6.07) is 3.14. The molecule has 0 saturated carbocycles. The molecule has 4 aliphatic heterocycles. The van der Waals surface area contributed by atoms with E-state index >= 15 is 4.39 Å². The Kier molecular flexibility index (Phi) is 8.73. The average Bonchev–Trinajstić information content (AvgIpc) is 3.58. The minimum atomic E-state index is -0.601. The fourth-order valence-electron chi connectivity index (χ4n) is 7.93. The van der Waals surface area contributed by atoms with Gasteiger partial charge in [0.1, 0.15) is 29.4 Å². The van der Waals surface area contributed by atoms with Crippen LogP contribution in [0.4, 0.5) is 10.2 Å². The van der Waals surface area contributed by atoms with Crippen LogP contribution in [0, 0.1) is 5.82 Å². The van der Waals surface area contributed by atoms with Crippen molar-refractivity contribution in [1.82, 2.24) is 25.2 Å². The van der Waals surface area contributed by atoms with E-state index in [1.807, 2.05) is 13.8 Å². The first-order chi connectivity index (χ1) is 22.2. The van der Waals surface area contributed by atoms with Gasteiger partial charge in [0.2, 0.25) is 0 Å². The number of ether oxygens (including phenoxy) is 3. The molecule has 2 N–H and O–H groups in total. The van der Waals surface area contributed by atoms with E-state index in [0.717, 1.165) is 51.7 Å². The van der Waals surface area contributed by atoms with Crippen LogP contribution >= 0.6 is 11.6 Å². The molecule has 0 unspecified atom stereocenters. The highest BCUT2D eigenvalue weighted by Gasteiger charge is 2.49. The van der Waals surface area contributed by atoms with Gasteiger partial charge in [-0.3, -0.25) is 9.88 Å². The van der Waals surface area contributed by atoms with Crippen molar-refractivity contribution < 1.29 is 23.7 Å². The maximum atomic E-state index is 16.8. The average molecular weight is 655 g/mol. The zero-order valence-corrected chi connectivity index (χ0v) is 27.7. The third-order valence-corrected chi connectivity index (χ3v) is 10.7. The van der Waals surface area contributed by atoms with Crippen LogP contribution in [0.3, 0.4) is 0 Å². The summed E-state index contributed by atoms with van der Waals surface area (Å²) in [6.07, 6.45) is 6.45. The van der Waals surface area contributed by atoms with Crippen molar-refractivity contribution in [1.29, 1.82) is 0 Å². The Hall–Kier alpha value is -2.83. The molecule has 6 bridgehead atoms. The molecule has 248 valence electrons. The Balaban J connectivity index is 1.35. The van der Waals surface area contributed by atoms with Crippen LogP contribution in [0.5, 0.6) is 11.8 Å². The second-order valence-corrected chi connectivity index (χ2v) is 14.1. The predicted octanol–water partition coefficient (Wildman–Crippen LogP) is 5.29. The van der Waals surface area contributed by atoms with E-state index in [1.165, 1.54) is 12.1 Å². The number of halogens is 2. The van der Waals surface area contributed by atoms with E-state index < -0.39 is 5.82 Å². The van der Waals surface area contributed by atoms with Crippen LogP contribution in [0.1, 0.15) is 64.4 Å². The number of aromatic hydroxyl groups is 1. The maximum absolute atomic E-state index is 16.8. The van der Waals surface area contributed by atoms with Crippen LogP contribution in [-0.2, 0) is 9.47 Å². The molecule has 0 amide bonds. The zero-order chi connectivity index (χ0) is 32.1. The summed E-state index contributed by atoms with van der Waals surface area (Å²) in [6.45, 7) is 12.2. The second-order valence-electron chi connectivity index (χ2n) is 13.7. The Bertz CT molecular complexity index is 1610. The minimum Gasteiger partial charge on any atom is -0.508 e. The van der Waals surface area contributed by atoms with Crippen LogP contribution < -0.4 is 15.0 Å². The van der Waals surface area contributed by atoms with Gasteiger partial charge in [0.25, 0.3) is 0 Å². The first-order valence-corrected chi connectivity index (χ1v) is 17.0. The molecule has 0 radical (unpaired) electrons. The number of phenols is 1. The standard InChI is InChI=1S/C34H44ClFN6O4/c1-4-33-18-41(10-8-38-33)31-25-16-37-29(24-13-22(43)14-26(35)27(24)21(2)3)28(36)30(25)39-32(40-31)46-20-34-7-5-9-42(34)17-23(15-34)45-12-6-11-44-19-33/h13-14,16,21,23,38,43H,4-12,15,17-20H2,1-3H3/t23-,33-,34-/m1/s1. The lowest BCUT2D eigenvalue weighted by molar-refractivity contribution is 0.0211. The molecule has 6 heterocycles. The number of hydrogen-bond acceptors (Lipinski definition) is 10. The van der Waals surface area contributed by atoms with Crippen molar-refractivity contribution in [3.63, 3.8) is 0 Å². The number of piperazine rings is 1. The van der Waals surface area contributed by atoms with Gasteiger partial charge in [-0.1, -0.05) is 32.4 Å². The van der Waals surface area contributed by atoms with E-state index in [4.69, 9.17) is 35.8 Å². The van der Waals surface area contributed by atoms with Crippen LogP contribution in [0.2, 0.25) is 5.02 Å². The lowest BCUT2D eigenvalue weighted by Crippen LogP contribution is -2.63. The first kappa shape index (κ1) is 31.8. The zero-order valence-electron chi connectivity index (χ0n) is 27.0. The molecule has 12 heteroatoms. The molecule has 0 aliphatic carbocycles. The summed E-state index contributed by atoms with van der Waals surface area (Å²) in [7, 11) is 0. The number of rotatable bonds is 3. The number of anilines is 1. The van der Waals surface area contributed by atoms with Gasteiger partial charge in [0.15, 0.2) is 5.82 Å². The van der Waals surface area contributed by atoms with Gasteiger partial charge in [-0.25, -0.2) is 4.39 Å². The molecular weight excluding hydrogens is 611 g/mol. The van der Waals surface area contributed by atoms with Gasteiger partial charge >= 0.3 is 6.01 Å². The van der Waals surface area contributed by atoms with Crippen LogP contribution in [0.15, 0.2) is 18.3 Å². The Morgan fingerprint density at radius 2 is 2.04 bits per heavy atom. The number of phenolic OH excluding ortho intramolecular Hbond substituents is 1. The summed E-state index contributed by atoms with van der Waals surface area (Å²) in [5, 5.41) is 15.0. The van der Waals surface area contributed by atoms with E-state index in [1.54, 1.807) is 6.20 Å². The van der Waals surface area contributed by atoms with E-state index in [2.05, 4.69) is 27.0 Å². The highest BCUT2D eigenvalue weighted by atomic mass is 35.5. The van der Waals surface area contributed by atoms with Gasteiger partial charge in [0, 0.05) is 56.2 Å². The molecule has 3 fully saturated rings.